The first-order valence-electron chi connectivity index (χ1n) is 7.39. The highest BCUT2D eigenvalue weighted by atomic mass is 35.5. The summed E-state index contributed by atoms with van der Waals surface area (Å²) in [5.74, 6) is 2.28. The molecule has 25 heavy (non-hydrogen) atoms. The van der Waals surface area contributed by atoms with Gasteiger partial charge in [0.1, 0.15) is 11.5 Å². The van der Waals surface area contributed by atoms with Crippen molar-refractivity contribution in [2.75, 3.05) is 24.9 Å². The van der Waals surface area contributed by atoms with E-state index in [1.165, 1.54) is 6.20 Å². The third kappa shape index (κ3) is 4.27. The van der Waals surface area contributed by atoms with Gasteiger partial charge in [-0.3, -0.25) is 0 Å². The smallest absolute Gasteiger partial charge is 0.249 e. The van der Waals surface area contributed by atoms with Gasteiger partial charge in [0, 0.05) is 10.7 Å². The lowest BCUT2D eigenvalue weighted by atomic mass is 10.3. The number of hydrogen-bond donors (Lipinski definition) is 2. The molecule has 128 valence electrons. The molecule has 0 atom stereocenters. The summed E-state index contributed by atoms with van der Waals surface area (Å²) < 4.78 is 10.4. The lowest BCUT2D eigenvalue weighted by molar-refractivity contribution is 0.415. The molecule has 0 unspecified atom stereocenters. The minimum Gasteiger partial charge on any atom is -0.497 e. The number of nitrogens with zero attached hydrogens (tertiary/aromatic N) is 3. The van der Waals surface area contributed by atoms with Gasteiger partial charge in [0.05, 0.1) is 26.1 Å². The second-order valence-corrected chi connectivity index (χ2v) is 5.42. The van der Waals surface area contributed by atoms with Crippen LogP contribution in [-0.2, 0) is 0 Å². The second kappa shape index (κ2) is 7.67. The highest BCUT2D eigenvalue weighted by Gasteiger charge is 2.07. The molecule has 0 aliphatic heterocycles. The summed E-state index contributed by atoms with van der Waals surface area (Å²) in [6.07, 6.45) is 1.51. The molecule has 0 aliphatic rings. The summed E-state index contributed by atoms with van der Waals surface area (Å²) in [5.41, 5.74) is 1.51. The number of nitrogens with one attached hydrogen (secondary N) is 2. The number of benzene rings is 2. The average molecular weight is 358 g/mol. The fourth-order valence-corrected chi connectivity index (χ4v) is 2.31. The molecule has 3 rings (SSSR count). The van der Waals surface area contributed by atoms with E-state index < -0.39 is 0 Å². The number of halogens is 1. The summed E-state index contributed by atoms with van der Waals surface area (Å²) in [5, 5.41) is 14.7. The van der Waals surface area contributed by atoms with Crippen LogP contribution in [0.1, 0.15) is 0 Å². The normalized spacial score (nSPS) is 10.2. The van der Waals surface area contributed by atoms with Crippen molar-refractivity contribution in [2.24, 2.45) is 0 Å². The van der Waals surface area contributed by atoms with Gasteiger partial charge in [0.15, 0.2) is 5.82 Å². The van der Waals surface area contributed by atoms with Crippen LogP contribution in [0.3, 0.4) is 0 Å². The monoisotopic (exact) mass is 357 g/mol. The molecule has 1 aromatic heterocycles. The van der Waals surface area contributed by atoms with E-state index >= 15 is 0 Å². The molecule has 0 spiro atoms. The van der Waals surface area contributed by atoms with Crippen LogP contribution < -0.4 is 20.1 Å². The lowest BCUT2D eigenvalue weighted by Crippen LogP contribution is -2.03. The number of aromatic nitrogens is 3. The van der Waals surface area contributed by atoms with Crippen molar-refractivity contribution in [3.8, 4) is 11.5 Å². The van der Waals surface area contributed by atoms with Crippen LogP contribution in [0.5, 0.6) is 11.5 Å². The van der Waals surface area contributed by atoms with Crippen LogP contribution >= 0.6 is 11.6 Å². The number of methoxy groups -OCH3 is 2. The number of anilines is 4. The van der Waals surface area contributed by atoms with Crippen LogP contribution in [0.2, 0.25) is 5.02 Å². The maximum absolute atomic E-state index is 6.04. The van der Waals surface area contributed by atoms with E-state index in [4.69, 9.17) is 21.1 Å². The van der Waals surface area contributed by atoms with E-state index in [0.29, 0.717) is 28.2 Å². The first-order valence-corrected chi connectivity index (χ1v) is 7.77. The molecule has 0 bridgehead atoms. The molecular weight excluding hydrogens is 342 g/mol. The van der Waals surface area contributed by atoms with Gasteiger partial charge in [0.2, 0.25) is 5.95 Å². The highest BCUT2D eigenvalue weighted by molar-refractivity contribution is 6.31. The van der Waals surface area contributed by atoms with E-state index in [2.05, 4.69) is 25.8 Å². The molecule has 2 N–H and O–H groups in total. The minimum atomic E-state index is 0.358. The zero-order valence-corrected chi connectivity index (χ0v) is 14.4. The van der Waals surface area contributed by atoms with Gasteiger partial charge < -0.3 is 20.1 Å². The van der Waals surface area contributed by atoms with Crippen LogP contribution in [0, 0.1) is 0 Å². The standard InChI is InChI=1S/C17H16ClN5O2/c1-24-13-6-4-12(5-7-13)20-17-22-16(10-19-23-17)21-14-9-11(18)3-8-15(14)25-2/h3-10H,1-2H3,(H2,20,21,22,23). The molecule has 0 aliphatic carbocycles. The average Bonchev–Trinajstić information content (AvgIpc) is 2.63. The van der Waals surface area contributed by atoms with Gasteiger partial charge in [-0.05, 0) is 42.5 Å². The first kappa shape index (κ1) is 16.8. The van der Waals surface area contributed by atoms with E-state index in [1.54, 1.807) is 32.4 Å². The molecular formula is C17H16ClN5O2. The van der Waals surface area contributed by atoms with Crippen molar-refractivity contribution in [3.63, 3.8) is 0 Å². The van der Waals surface area contributed by atoms with Crippen molar-refractivity contribution in [1.29, 1.82) is 0 Å². The fourth-order valence-electron chi connectivity index (χ4n) is 2.14. The van der Waals surface area contributed by atoms with E-state index in [0.717, 1.165) is 11.4 Å². The van der Waals surface area contributed by atoms with Gasteiger partial charge in [-0.1, -0.05) is 11.6 Å². The highest BCUT2D eigenvalue weighted by Crippen LogP contribution is 2.30. The Bertz CT molecular complexity index is 858. The predicted octanol–water partition coefficient (Wildman–Crippen LogP) is 4.03. The minimum absolute atomic E-state index is 0.358. The Kier molecular flexibility index (Phi) is 5.15. The van der Waals surface area contributed by atoms with Crippen LogP contribution in [-0.4, -0.2) is 29.4 Å². The summed E-state index contributed by atoms with van der Waals surface area (Å²) in [7, 11) is 3.21. The number of ether oxygens (including phenoxy) is 2. The molecule has 8 heteroatoms. The molecule has 0 saturated carbocycles. The number of hydrogen-bond acceptors (Lipinski definition) is 7. The topological polar surface area (TPSA) is 81.2 Å². The van der Waals surface area contributed by atoms with Gasteiger partial charge in [-0.2, -0.15) is 10.1 Å². The van der Waals surface area contributed by atoms with Gasteiger partial charge in [-0.15, -0.1) is 5.10 Å². The molecule has 2 aromatic carbocycles. The van der Waals surface area contributed by atoms with Crippen LogP contribution in [0.15, 0.2) is 48.7 Å². The Hall–Kier alpha value is -3.06. The maximum atomic E-state index is 6.04. The molecule has 0 radical (unpaired) electrons. The van der Waals surface area contributed by atoms with Crippen molar-refractivity contribution >= 4 is 34.7 Å². The molecule has 0 fully saturated rings. The zero-order chi connectivity index (χ0) is 17.6. The predicted molar refractivity (Wildman–Crippen MR) is 97.4 cm³/mol. The van der Waals surface area contributed by atoms with Crippen molar-refractivity contribution in [2.45, 2.75) is 0 Å². The lowest BCUT2D eigenvalue weighted by Gasteiger charge is -2.11. The van der Waals surface area contributed by atoms with Crippen molar-refractivity contribution in [3.05, 3.63) is 53.7 Å². The fraction of sp³-hybridized carbons (Fsp3) is 0.118. The van der Waals surface area contributed by atoms with Gasteiger partial charge in [0.25, 0.3) is 0 Å². The molecule has 7 nitrogen and oxygen atoms in total. The SMILES string of the molecule is COc1ccc(Nc2nncc(Nc3cc(Cl)ccc3OC)n2)cc1. The Morgan fingerprint density at radius 3 is 2.48 bits per heavy atom. The van der Waals surface area contributed by atoms with Gasteiger partial charge >= 0.3 is 0 Å². The van der Waals surface area contributed by atoms with Gasteiger partial charge in [-0.25, -0.2) is 0 Å². The molecule has 1 heterocycles. The van der Waals surface area contributed by atoms with E-state index in [9.17, 15) is 0 Å². The summed E-state index contributed by atoms with van der Waals surface area (Å²) in [4.78, 5) is 4.39. The van der Waals surface area contributed by atoms with Crippen molar-refractivity contribution < 1.29 is 9.47 Å². The number of rotatable bonds is 6. The Morgan fingerprint density at radius 1 is 0.960 bits per heavy atom. The zero-order valence-electron chi connectivity index (χ0n) is 13.7. The third-order valence-electron chi connectivity index (χ3n) is 3.33. The largest absolute Gasteiger partial charge is 0.497 e. The molecule has 3 aromatic rings. The third-order valence-corrected chi connectivity index (χ3v) is 3.56. The first-order chi connectivity index (χ1) is 12.2. The van der Waals surface area contributed by atoms with Crippen LogP contribution in [0.25, 0.3) is 0 Å². The second-order valence-electron chi connectivity index (χ2n) is 4.99. The Balaban J connectivity index is 1.78. The molecule has 0 saturated heterocycles. The summed E-state index contributed by atoms with van der Waals surface area (Å²) in [6, 6.07) is 12.7. The maximum Gasteiger partial charge on any atom is 0.249 e. The quantitative estimate of drug-likeness (QED) is 0.689. The van der Waals surface area contributed by atoms with E-state index in [-0.39, 0.29) is 0 Å². The Morgan fingerprint density at radius 2 is 1.76 bits per heavy atom. The van der Waals surface area contributed by atoms with Crippen LogP contribution in [0.4, 0.5) is 23.1 Å². The molecule has 0 amide bonds. The van der Waals surface area contributed by atoms with E-state index in [1.807, 2.05) is 24.3 Å². The summed E-state index contributed by atoms with van der Waals surface area (Å²) >= 11 is 6.04. The summed E-state index contributed by atoms with van der Waals surface area (Å²) in [6.45, 7) is 0. The Labute approximate surface area is 150 Å². The van der Waals surface area contributed by atoms with Crippen molar-refractivity contribution in [1.82, 2.24) is 15.2 Å².